The van der Waals surface area contributed by atoms with E-state index < -0.39 is 6.04 Å². The number of hydrogen-bond donors (Lipinski definition) is 1. The SMILES string of the molecule is COCCN1C(=O)N=C(N)C1c1ncc(Br)cc1Br. The molecule has 0 aliphatic carbocycles. The van der Waals surface area contributed by atoms with Crippen molar-refractivity contribution >= 4 is 43.7 Å². The molecule has 0 spiro atoms. The molecular formula is C11H12Br2N4O2. The highest BCUT2D eigenvalue weighted by Crippen LogP contribution is 2.31. The maximum atomic E-state index is 11.8. The summed E-state index contributed by atoms with van der Waals surface area (Å²) in [5.41, 5.74) is 6.50. The Balaban J connectivity index is 2.34. The number of pyridine rings is 1. The fourth-order valence-electron chi connectivity index (χ4n) is 1.83. The molecule has 0 bridgehead atoms. The number of amidine groups is 1. The van der Waals surface area contributed by atoms with Gasteiger partial charge in [0.2, 0.25) is 0 Å². The first-order valence-electron chi connectivity index (χ1n) is 5.49. The molecule has 8 heteroatoms. The number of nitrogens with two attached hydrogens (primary N) is 1. The molecule has 2 amide bonds. The van der Waals surface area contributed by atoms with E-state index in [-0.39, 0.29) is 11.9 Å². The van der Waals surface area contributed by atoms with Gasteiger partial charge in [-0.15, -0.1) is 0 Å². The summed E-state index contributed by atoms with van der Waals surface area (Å²) >= 11 is 6.76. The van der Waals surface area contributed by atoms with E-state index in [9.17, 15) is 4.79 Å². The molecule has 0 radical (unpaired) electrons. The number of carbonyl (C=O) groups is 1. The molecule has 1 aromatic heterocycles. The Hall–Kier alpha value is -0.990. The third-order valence-corrected chi connectivity index (χ3v) is 3.76. The van der Waals surface area contributed by atoms with Gasteiger partial charge in [-0.05, 0) is 37.9 Å². The molecule has 102 valence electrons. The van der Waals surface area contributed by atoms with Crippen LogP contribution in [-0.2, 0) is 4.74 Å². The molecule has 1 aliphatic heterocycles. The van der Waals surface area contributed by atoms with Crippen LogP contribution in [-0.4, -0.2) is 42.0 Å². The molecule has 2 heterocycles. The fraction of sp³-hybridized carbons (Fsp3) is 0.364. The summed E-state index contributed by atoms with van der Waals surface area (Å²) in [6, 6.07) is 1.04. The number of halogens is 2. The number of urea groups is 1. The van der Waals surface area contributed by atoms with Gasteiger partial charge in [-0.25, -0.2) is 4.79 Å². The summed E-state index contributed by atoms with van der Waals surface area (Å²) in [6.07, 6.45) is 1.66. The molecule has 2 N–H and O–H groups in total. The first kappa shape index (κ1) is 14.4. The van der Waals surface area contributed by atoms with Gasteiger partial charge in [-0.3, -0.25) is 4.98 Å². The molecular weight excluding hydrogens is 380 g/mol. The zero-order chi connectivity index (χ0) is 14.0. The van der Waals surface area contributed by atoms with Crippen molar-refractivity contribution in [1.82, 2.24) is 9.88 Å². The van der Waals surface area contributed by atoms with Crippen molar-refractivity contribution < 1.29 is 9.53 Å². The molecule has 19 heavy (non-hydrogen) atoms. The summed E-state index contributed by atoms with van der Waals surface area (Å²) in [6.45, 7) is 0.827. The molecule has 1 aliphatic rings. The van der Waals surface area contributed by atoms with E-state index in [1.165, 1.54) is 0 Å². The second-order valence-electron chi connectivity index (χ2n) is 3.93. The predicted molar refractivity (Wildman–Crippen MR) is 78.0 cm³/mol. The Morgan fingerprint density at radius 1 is 1.53 bits per heavy atom. The van der Waals surface area contributed by atoms with Crippen LogP contribution in [0.15, 0.2) is 26.2 Å². The lowest BCUT2D eigenvalue weighted by molar-refractivity contribution is 0.149. The number of carbonyl (C=O) groups excluding carboxylic acids is 1. The molecule has 1 aromatic rings. The van der Waals surface area contributed by atoms with E-state index in [0.717, 1.165) is 8.95 Å². The first-order valence-corrected chi connectivity index (χ1v) is 7.07. The van der Waals surface area contributed by atoms with Crippen molar-refractivity contribution in [3.05, 3.63) is 26.9 Å². The largest absolute Gasteiger partial charge is 0.385 e. The summed E-state index contributed by atoms with van der Waals surface area (Å²) < 4.78 is 6.60. The number of aliphatic imine (C=N–C) groups is 1. The van der Waals surface area contributed by atoms with Crippen LogP contribution >= 0.6 is 31.9 Å². The van der Waals surface area contributed by atoms with E-state index in [2.05, 4.69) is 41.8 Å². The summed E-state index contributed by atoms with van der Waals surface area (Å²) in [4.78, 5) is 21.5. The lowest BCUT2D eigenvalue weighted by Crippen LogP contribution is -2.36. The minimum Gasteiger partial charge on any atom is -0.385 e. The van der Waals surface area contributed by atoms with Crippen molar-refractivity contribution in [2.75, 3.05) is 20.3 Å². The number of nitrogens with zero attached hydrogens (tertiary/aromatic N) is 3. The molecule has 2 rings (SSSR count). The van der Waals surface area contributed by atoms with Crippen LogP contribution in [0.2, 0.25) is 0 Å². The zero-order valence-corrected chi connectivity index (χ0v) is 13.3. The highest BCUT2D eigenvalue weighted by molar-refractivity contribution is 9.11. The van der Waals surface area contributed by atoms with E-state index in [1.807, 2.05) is 6.07 Å². The summed E-state index contributed by atoms with van der Waals surface area (Å²) in [5, 5.41) is 0. The maximum absolute atomic E-state index is 11.8. The van der Waals surface area contributed by atoms with Gasteiger partial charge in [0.15, 0.2) is 0 Å². The van der Waals surface area contributed by atoms with Crippen LogP contribution in [0.25, 0.3) is 0 Å². The molecule has 0 saturated heterocycles. The monoisotopic (exact) mass is 390 g/mol. The molecule has 1 unspecified atom stereocenters. The van der Waals surface area contributed by atoms with E-state index in [4.69, 9.17) is 10.5 Å². The van der Waals surface area contributed by atoms with Crippen molar-refractivity contribution in [1.29, 1.82) is 0 Å². The van der Waals surface area contributed by atoms with Crippen LogP contribution in [0, 0.1) is 0 Å². The van der Waals surface area contributed by atoms with Crippen molar-refractivity contribution in [2.24, 2.45) is 10.7 Å². The topological polar surface area (TPSA) is 80.8 Å². The van der Waals surface area contributed by atoms with Crippen molar-refractivity contribution in [3.63, 3.8) is 0 Å². The normalized spacial score (nSPS) is 18.9. The number of methoxy groups -OCH3 is 1. The quantitative estimate of drug-likeness (QED) is 0.851. The number of amides is 2. The Morgan fingerprint density at radius 3 is 2.89 bits per heavy atom. The first-order chi connectivity index (χ1) is 9.04. The van der Waals surface area contributed by atoms with E-state index in [1.54, 1.807) is 18.2 Å². The molecule has 0 fully saturated rings. The lowest BCUT2D eigenvalue weighted by Gasteiger charge is -2.24. The van der Waals surface area contributed by atoms with Crippen LogP contribution in [0.5, 0.6) is 0 Å². The molecule has 6 nitrogen and oxygen atoms in total. The lowest BCUT2D eigenvalue weighted by atomic mass is 10.1. The van der Waals surface area contributed by atoms with Gasteiger partial charge in [0.05, 0.1) is 12.3 Å². The van der Waals surface area contributed by atoms with Crippen molar-refractivity contribution in [3.8, 4) is 0 Å². The van der Waals surface area contributed by atoms with Crippen LogP contribution < -0.4 is 5.73 Å². The highest BCUT2D eigenvalue weighted by Gasteiger charge is 2.36. The standard InChI is InChI=1S/C11H12Br2N4O2/c1-19-3-2-17-9(10(14)16-11(17)18)8-7(13)4-6(12)5-15-8/h4-5,9H,2-3H2,1H3,(H2,14,16,18). The summed E-state index contributed by atoms with van der Waals surface area (Å²) in [5.74, 6) is 0.247. The molecule has 0 aromatic carbocycles. The van der Waals surface area contributed by atoms with Gasteiger partial charge >= 0.3 is 6.03 Å². The van der Waals surface area contributed by atoms with E-state index >= 15 is 0 Å². The Morgan fingerprint density at radius 2 is 2.26 bits per heavy atom. The molecule has 1 atom stereocenters. The van der Waals surface area contributed by atoms with Crippen LogP contribution in [0.1, 0.15) is 11.7 Å². The van der Waals surface area contributed by atoms with Gasteiger partial charge in [0.1, 0.15) is 11.9 Å². The molecule has 0 saturated carbocycles. The minimum absolute atomic E-state index is 0.247. The second-order valence-corrected chi connectivity index (χ2v) is 5.70. The number of rotatable bonds is 4. The Bertz CT molecular complexity index is 535. The van der Waals surface area contributed by atoms with Gasteiger partial charge < -0.3 is 15.4 Å². The second kappa shape index (κ2) is 5.98. The zero-order valence-electron chi connectivity index (χ0n) is 10.1. The van der Waals surface area contributed by atoms with E-state index in [0.29, 0.717) is 18.8 Å². The smallest absolute Gasteiger partial charge is 0.346 e. The van der Waals surface area contributed by atoms with Gasteiger partial charge in [0, 0.05) is 28.8 Å². The average molecular weight is 392 g/mol. The number of ether oxygens (including phenoxy) is 1. The van der Waals surface area contributed by atoms with Gasteiger partial charge in [-0.2, -0.15) is 4.99 Å². The Labute approximate surface area is 127 Å². The third-order valence-electron chi connectivity index (χ3n) is 2.69. The number of aromatic nitrogens is 1. The van der Waals surface area contributed by atoms with Crippen molar-refractivity contribution in [2.45, 2.75) is 6.04 Å². The third kappa shape index (κ3) is 2.96. The van der Waals surface area contributed by atoms with Gasteiger partial charge in [-0.1, -0.05) is 0 Å². The predicted octanol–water partition coefficient (Wildman–Crippen LogP) is 2.09. The fourth-order valence-corrected chi connectivity index (χ4v) is 3.04. The highest BCUT2D eigenvalue weighted by atomic mass is 79.9. The van der Waals surface area contributed by atoms with Crippen LogP contribution in [0.4, 0.5) is 4.79 Å². The summed E-state index contributed by atoms with van der Waals surface area (Å²) in [7, 11) is 1.58. The Kier molecular flexibility index (Phi) is 4.54. The van der Waals surface area contributed by atoms with Crippen LogP contribution in [0.3, 0.4) is 0 Å². The minimum atomic E-state index is -0.454. The number of hydrogen-bond acceptors (Lipinski definition) is 4. The average Bonchev–Trinajstić information content (AvgIpc) is 2.62. The maximum Gasteiger partial charge on any atom is 0.346 e. The van der Waals surface area contributed by atoms with Gasteiger partial charge in [0.25, 0.3) is 0 Å².